The number of imidazole rings is 1. The van der Waals surface area contributed by atoms with E-state index in [0.29, 0.717) is 24.9 Å². The van der Waals surface area contributed by atoms with E-state index in [1.807, 2.05) is 0 Å². The number of carbonyl (C=O) groups is 1. The summed E-state index contributed by atoms with van der Waals surface area (Å²) in [6.45, 7) is 2.99. The topological polar surface area (TPSA) is 76.4 Å². The highest BCUT2D eigenvalue weighted by atomic mass is 16.5. The van der Waals surface area contributed by atoms with E-state index >= 15 is 0 Å². The number of nitrogens with one attached hydrogen (secondary N) is 1. The van der Waals surface area contributed by atoms with Gasteiger partial charge in [0, 0.05) is 32.2 Å². The highest BCUT2D eigenvalue weighted by Gasteiger charge is 2.30. The normalized spacial score (nSPS) is 20.2. The van der Waals surface area contributed by atoms with Gasteiger partial charge in [0.05, 0.1) is 5.69 Å². The summed E-state index contributed by atoms with van der Waals surface area (Å²) in [5.74, 6) is 0.0452. The van der Waals surface area contributed by atoms with Crippen molar-refractivity contribution in [1.82, 2.24) is 9.55 Å². The van der Waals surface area contributed by atoms with Gasteiger partial charge in [0.15, 0.2) is 5.69 Å². The first-order valence-corrected chi connectivity index (χ1v) is 6.42. The van der Waals surface area contributed by atoms with Crippen molar-refractivity contribution in [3.05, 3.63) is 11.4 Å². The van der Waals surface area contributed by atoms with Crippen molar-refractivity contribution in [1.29, 1.82) is 0 Å². The number of ether oxygens (including phenoxy) is 1. The molecule has 0 unspecified atom stereocenters. The Kier molecular flexibility index (Phi) is 2.95. The summed E-state index contributed by atoms with van der Waals surface area (Å²) < 4.78 is 7.13. The van der Waals surface area contributed by atoms with E-state index in [1.54, 1.807) is 4.57 Å². The number of carboxylic acid groups (broad SMARTS) is 1. The first-order chi connectivity index (χ1) is 8.77. The van der Waals surface area contributed by atoms with E-state index in [-0.39, 0.29) is 5.92 Å². The molecule has 1 aromatic heterocycles. The predicted octanol–water partition coefficient (Wildman–Crippen LogP) is 1.29. The molecule has 1 fully saturated rings. The molecule has 98 valence electrons. The van der Waals surface area contributed by atoms with Gasteiger partial charge in [-0.05, 0) is 19.3 Å². The third kappa shape index (κ3) is 1.86. The van der Waals surface area contributed by atoms with Crippen molar-refractivity contribution < 1.29 is 14.6 Å². The number of anilines is 1. The van der Waals surface area contributed by atoms with E-state index in [4.69, 9.17) is 4.74 Å². The van der Waals surface area contributed by atoms with E-state index in [9.17, 15) is 9.90 Å². The Labute approximate surface area is 105 Å². The molecule has 0 atom stereocenters. The van der Waals surface area contributed by atoms with Crippen molar-refractivity contribution in [3.63, 3.8) is 0 Å². The highest BCUT2D eigenvalue weighted by molar-refractivity contribution is 5.88. The van der Waals surface area contributed by atoms with Gasteiger partial charge >= 0.3 is 5.97 Å². The molecule has 0 radical (unpaired) electrons. The number of aromatic carboxylic acids is 1. The van der Waals surface area contributed by atoms with Crippen LogP contribution in [-0.2, 0) is 11.3 Å². The number of aromatic nitrogens is 2. The Morgan fingerprint density at radius 2 is 2.22 bits per heavy atom. The van der Waals surface area contributed by atoms with Crippen molar-refractivity contribution in [2.24, 2.45) is 0 Å². The van der Waals surface area contributed by atoms with Crippen LogP contribution in [0.2, 0.25) is 0 Å². The molecule has 0 aliphatic carbocycles. The summed E-state index contributed by atoms with van der Waals surface area (Å²) in [4.78, 5) is 16.0. The second-order valence-corrected chi connectivity index (χ2v) is 4.79. The fourth-order valence-corrected chi connectivity index (χ4v) is 2.74. The average molecular weight is 251 g/mol. The van der Waals surface area contributed by atoms with Gasteiger partial charge in [0.25, 0.3) is 0 Å². The molecule has 0 saturated carbocycles. The smallest absolute Gasteiger partial charge is 0.354 e. The summed E-state index contributed by atoms with van der Waals surface area (Å²) in [5, 5.41) is 12.6. The summed E-state index contributed by atoms with van der Waals surface area (Å²) in [7, 11) is 0. The molecule has 0 spiro atoms. The molecular weight excluding hydrogens is 234 g/mol. The van der Waals surface area contributed by atoms with Crippen LogP contribution >= 0.6 is 0 Å². The minimum Gasteiger partial charge on any atom is -0.477 e. The van der Waals surface area contributed by atoms with Crippen LogP contribution in [-0.4, -0.2) is 40.4 Å². The molecule has 0 amide bonds. The van der Waals surface area contributed by atoms with Crippen LogP contribution in [0.3, 0.4) is 0 Å². The van der Waals surface area contributed by atoms with E-state index in [1.165, 1.54) is 0 Å². The van der Waals surface area contributed by atoms with Crippen molar-refractivity contribution >= 4 is 11.9 Å². The Morgan fingerprint density at radius 3 is 2.94 bits per heavy atom. The zero-order chi connectivity index (χ0) is 12.5. The molecule has 3 rings (SSSR count). The molecule has 2 aliphatic rings. The first kappa shape index (κ1) is 11.5. The van der Waals surface area contributed by atoms with E-state index in [2.05, 4.69) is 10.3 Å². The average Bonchev–Trinajstić information content (AvgIpc) is 2.79. The number of carboxylic acids is 1. The molecular formula is C12H17N3O3. The van der Waals surface area contributed by atoms with Gasteiger partial charge in [-0.1, -0.05) is 0 Å². The Bertz CT molecular complexity index is 463. The van der Waals surface area contributed by atoms with Gasteiger partial charge in [-0.2, -0.15) is 0 Å². The molecule has 6 nitrogen and oxygen atoms in total. The zero-order valence-electron chi connectivity index (χ0n) is 10.2. The molecule has 6 heteroatoms. The van der Waals surface area contributed by atoms with Crippen LogP contribution in [0.25, 0.3) is 0 Å². The second-order valence-electron chi connectivity index (χ2n) is 4.79. The van der Waals surface area contributed by atoms with E-state index in [0.717, 1.165) is 38.0 Å². The molecule has 2 N–H and O–H groups in total. The van der Waals surface area contributed by atoms with Crippen molar-refractivity contribution in [2.45, 2.75) is 31.7 Å². The summed E-state index contributed by atoms with van der Waals surface area (Å²) in [6.07, 6.45) is 2.66. The van der Waals surface area contributed by atoms with Gasteiger partial charge in [-0.25, -0.2) is 9.78 Å². The van der Waals surface area contributed by atoms with Crippen LogP contribution in [0.1, 0.15) is 41.4 Å². The quantitative estimate of drug-likeness (QED) is 0.828. The fourth-order valence-electron chi connectivity index (χ4n) is 2.74. The van der Waals surface area contributed by atoms with Gasteiger partial charge in [0.2, 0.25) is 5.95 Å². The monoisotopic (exact) mass is 251 g/mol. The molecule has 3 heterocycles. The third-order valence-electron chi connectivity index (χ3n) is 3.65. The van der Waals surface area contributed by atoms with Crippen LogP contribution in [0.15, 0.2) is 0 Å². The van der Waals surface area contributed by atoms with Gasteiger partial charge in [-0.15, -0.1) is 0 Å². The van der Waals surface area contributed by atoms with Gasteiger partial charge < -0.3 is 19.7 Å². The largest absolute Gasteiger partial charge is 0.477 e. The number of fused-ring (bicyclic) bond motifs is 1. The van der Waals surface area contributed by atoms with Crippen molar-refractivity contribution in [2.75, 3.05) is 25.1 Å². The summed E-state index contributed by atoms with van der Waals surface area (Å²) in [6, 6.07) is 0. The minimum absolute atomic E-state index is 0.213. The number of rotatable bonds is 2. The van der Waals surface area contributed by atoms with Crippen LogP contribution in [0, 0.1) is 0 Å². The Balaban J connectivity index is 2.01. The lowest BCUT2D eigenvalue weighted by Crippen LogP contribution is -2.21. The maximum absolute atomic E-state index is 11.5. The number of nitrogens with zero attached hydrogens (tertiary/aromatic N) is 2. The molecule has 0 aromatic carbocycles. The molecule has 1 saturated heterocycles. The molecule has 0 bridgehead atoms. The standard InChI is InChI=1S/C12H17N3O3/c16-11(17)10-9(8-2-6-18-7-3-8)14-12-13-4-1-5-15(10)12/h8H,1-7H2,(H,13,14)(H,16,17). The number of hydrogen-bond donors (Lipinski definition) is 2. The van der Waals surface area contributed by atoms with E-state index < -0.39 is 5.97 Å². The maximum Gasteiger partial charge on any atom is 0.354 e. The molecule has 2 aliphatic heterocycles. The lowest BCUT2D eigenvalue weighted by molar-refractivity contribution is 0.0672. The maximum atomic E-state index is 11.5. The summed E-state index contributed by atoms with van der Waals surface area (Å²) >= 11 is 0. The molecule has 18 heavy (non-hydrogen) atoms. The predicted molar refractivity (Wildman–Crippen MR) is 65.1 cm³/mol. The van der Waals surface area contributed by atoms with Crippen LogP contribution < -0.4 is 5.32 Å². The number of hydrogen-bond acceptors (Lipinski definition) is 4. The Morgan fingerprint density at radius 1 is 1.44 bits per heavy atom. The third-order valence-corrected chi connectivity index (χ3v) is 3.65. The van der Waals surface area contributed by atoms with Crippen LogP contribution in [0.5, 0.6) is 0 Å². The SMILES string of the molecule is O=C(O)c1c(C2CCOCC2)nc2n1CCCN2. The van der Waals surface area contributed by atoms with Gasteiger partial charge in [0.1, 0.15) is 0 Å². The second kappa shape index (κ2) is 4.61. The minimum atomic E-state index is -0.876. The van der Waals surface area contributed by atoms with Crippen LogP contribution in [0.4, 0.5) is 5.95 Å². The lowest BCUT2D eigenvalue weighted by Gasteiger charge is -2.21. The lowest BCUT2D eigenvalue weighted by atomic mass is 9.95. The van der Waals surface area contributed by atoms with Crippen molar-refractivity contribution in [3.8, 4) is 0 Å². The first-order valence-electron chi connectivity index (χ1n) is 6.42. The zero-order valence-corrected chi connectivity index (χ0v) is 10.2. The van der Waals surface area contributed by atoms with Gasteiger partial charge in [-0.3, -0.25) is 0 Å². The molecule has 1 aromatic rings. The summed E-state index contributed by atoms with van der Waals surface area (Å²) in [5.41, 5.74) is 1.10. The Hall–Kier alpha value is -1.56. The highest BCUT2D eigenvalue weighted by Crippen LogP contribution is 2.32. The fraction of sp³-hybridized carbons (Fsp3) is 0.667.